The van der Waals surface area contributed by atoms with Crippen LogP contribution in [0.2, 0.25) is 0 Å². The van der Waals surface area contributed by atoms with Crippen molar-refractivity contribution in [1.82, 2.24) is 5.32 Å². The Morgan fingerprint density at radius 3 is 2.53 bits per heavy atom. The zero-order chi connectivity index (χ0) is 11.1. The van der Waals surface area contributed by atoms with Gasteiger partial charge in [0.15, 0.2) is 0 Å². The van der Waals surface area contributed by atoms with Crippen molar-refractivity contribution in [2.45, 2.75) is 40.0 Å². The smallest absolute Gasteiger partial charge is 0.0497 e. The zero-order valence-electron chi connectivity index (χ0n) is 10.6. The summed E-state index contributed by atoms with van der Waals surface area (Å²) < 4.78 is 5.62. The van der Waals surface area contributed by atoms with Crippen LogP contribution in [0.3, 0.4) is 0 Å². The molecule has 2 nitrogen and oxygen atoms in total. The third-order valence-corrected chi connectivity index (χ3v) is 3.21. The van der Waals surface area contributed by atoms with E-state index in [1.807, 2.05) is 0 Å². The first-order valence-corrected chi connectivity index (χ1v) is 6.52. The largest absolute Gasteiger partial charge is 0.381 e. The summed E-state index contributed by atoms with van der Waals surface area (Å²) in [7, 11) is 0. The second-order valence-electron chi connectivity index (χ2n) is 5.22. The Balaban J connectivity index is 1.99. The maximum Gasteiger partial charge on any atom is 0.0497 e. The molecule has 90 valence electrons. The van der Waals surface area contributed by atoms with Crippen molar-refractivity contribution in [2.75, 3.05) is 26.3 Å². The van der Waals surface area contributed by atoms with Crippen LogP contribution in [0.5, 0.6) is 0 Å². The number of ether oxygens (including phenoxy) is 1. The number of hydrogen-bond acceptors (Lipinski definition) is 2. The van der Waals surface area contributed by atoms with E-state index in [2.05, 4.69) is 26.1 Å². The fourth-order valence-electron chi connectivity index (χ4n) is 2.06. The van der Waals surface area contributed by atoms with Gasteiger partial charge in [-0.3, -0.25) is 0 Å². The Labute approximate surface area is 94.8 Å². The molecule has 1 saturated carbocycles. The van der Waals surface area contributed by atoms with Gasteiger partial charge in [-0.1, -0.05) is 20.8 Å². The summed E-state index contributed by atoms with van der Waals surface area (Å²) in [6.07, 6.45) is 3.91. The molecule has 0 aromatic rings. The van der Waals surface area contributed by atoms with Crippen LogP contribution in [0.15, 0.2) is 0 Å². The van der Waals surface area contributed by atoms with Crippen LogP contribution >= 0.6 is 0 Å². The molecule has 0 aliphatic heterocycles. The van der Waals surface area contributed by atoms with Gasteiger partial charge in [0.2, 0.25) is 0 Å². The molecule has 15 heavy (non-hydrogen) atoms. The normalized spacial score (nSPS) is 25.6. The van der Waals surface area contributed by atoms with Crippen molar-refractivity contribution in [3.8, 4) is 0 Å². The minimum absolute atomic E-state index is 0.764. The predicted octanol–water partition coefficient (Wildman–Crippen LogP) is 2.68. The van der Waals surface area contributed by atoms with E-state index in [9.17, 15) is 0 Å². The lowest BCUT2D eigenvalue weighted by atomic mass is 9.74. The minimum Gasteiger partial charge on any atom is -0.381 e. The average Bonchev–Trinajstić information content (AvgIpc) is 2.17. The standard InChI is InChI=1S/C13H27NO/c1-4-7-15-10-13-6-5-12(13)9-14-8-11(2)3/h11-14H,4-10H2,1-3H3. The van der Waals surface area contributed by atoms with Crippen molar-refractivity contribution in [3.63, 3.8) is 0 Å². The van der Waals surface area contributed by atoms with Gasteiger partial charge in [-0.25, -0.2) is 0 Å². The molecule has 2 heteroatoms. The van der Waals surface area contributed by atoms with E-state index >= 15 is 0 Å². The lowest BCUT2D eigenvalue weighted by molar-refractivity contribution is 0.0321. The fourth-order valence-corrected chi connectivity index (χ4v) is 2.06. The molecule has 2 atom stereocenters. The molecule has 0 aromatic heterocycles. The van der Waals surface area contributed by atoms with Gasteiger partial charge in [-0.15, -0.1) is 0 Å². The summed E-state index contributed by atoms with van der Waals surface area (Å²) in [5.41, 5.74) is 0. The number of hydrogen-bond donors (Lipinski definition) is 1. The molecule has 0 amide bonds. The van der Waals surface area contributed by atoms with Crippen molar-refractivity contribution in [1.29, 1.82) is 0 Å². The van der Waals surface area contributed by atoms with E-state index in [4.69, 9.17) is 4.74 Å². The van der Waals surface area contributed by atoms with Gasteiger partial charge in [0, 0.05) is 13.2 Å². The van der Waals surface area contributed by atoms with E-state index in [1.165, 1.54) is 19.4 Å². The number of nitrogens with one attached hydrogen (secondary N) is 1. The Morgan fingerprint density at radius 2 is 2.00 bits per heavy atom. The van der Waals surface area contributed by atoms with Gasteiger partial charge < -0.3 is 10.1 Å². The van der Waals surface area contributed by atoms with Gasteiger partial charge >= 0.3 is 0 Å². The Bertz CT molecular complexity index is 159. The van der Waals surface area contributed by atoms with E-state index in [0.29, 0.717) is 0 Å². The first-order valence-electron chi connectivity index (χ1n) is 6.52. The monoisotopic (exact) mass is 213 g/mol. The second-order valence-corrected chi connectivity index (χ2v) is 5.22. The molecule has 0 saturated heterocycles. The lowest BCUT2D eigenvalue weighted by Gasteiger charge is -2.36. The third-order valence-electron chi connectivity index (χ3n) is 3.21. The van der Waals surface area contributed by atoms with Crippen molar-refractivity contribution in [3.05, 3.63) is 0 Å². The first-order chi connectivity index (χ1) is 7.24. The molecule has 1 N–H and O–H groups in total. The Hall–Kier alpha value is -0.0800. The van der Waals surface area contributed by atoms with E-state index in [1.54, 1.807) is 0 Å². The van der Waals surface area contributed by atoms with Crippen molar-refractivity contribution < 1.29 is 4.74 Å². The van der Waals surface area contributed by atoms with Gasteiger partial charge in [0.05, 0.1) is 0 Å². The van der Waals surface area contributed by atoms with Crippen LogP contribution in [0.4, 0.5) is 0 Å². The van der Waals surface area contributed by atoms with Crippen LogP contribution in [0.1, 0.15) is 40.0 Å². The zero-order valence-corrected chi connectivity index (χ0v) is 10.6. The molecular weight excluding hydrogens is 186 g/mol. The molecular formula is C13H27NO. The minimum atomic E-state index is 0.764. The van der Waals surface area contributed by atoms with Crippen LogP contribution in [-0.2, 0) is 4.74 Å². The average molecular weight is 213 g/mol. The van der Waals surface area contributed by atoms with E-state index in [-0.39, 0.29) is 0 Å². The van der Waals surface area contributed by atoms with Gasteiger partial charge in [0.1, 0.15) is 0 Å². The van der Waals surface area contributed by atoms with Crippen LogP contribution < -0.4 is 5.32 Å². The van der Waals surface area contributed by atoms with Gasteiger partial charge in [-0.05, 0) is 50.1 Å². The maximum absolute atomic E-state index is 5.62. The highest BCUT2D eigenvalue weighted by Crippen LogP contribution is 2.33. The van der Waals surface area contributed by atoms with Crippen LogP contribution in [0.25, 0.3) is 0 Å². The molecule has 1 rings (SSSR count). The van der Waals surface area contributed by atoms with Crippen molar-refractivity contribution >= 4 is 0 Å². The van der Waals surface area contributed by atoms with Crippen LogP contribution in [-0.4, -0.2) is 26.3 Å². The summed E-state index contributed by atoms with van der Waals surface area (Å²) >= 11 is 0. The Morgan fingerprint density at radius 1 is 1.27 bits per heavy atom. The maximum atomic E-state index is 5.62. The van der Waals surface area contributed by atoms with E-state index < -0.39 is 0 Å². The molecule has 1 aliphatic rings. The molecule has 1 fully saturated rings. The lowest BCUT2D eigenvalue weighted by Crippen LogP contribution is -2.38. The fraction of sp³-hybridized carbons (Fsp3) is 1.00. The summed E-state index contributed by atoms with van der Waals surface area (Å²) in [5, 5.41) is 3.55. The molecule has 1 aliphatic carbocycles. The van der Waals surface area contributed by atoms with Gasteiger partial charge in [-0.2, -0.15) is 0 Å². The molecule has 0 bridgehead atoms. The Kier molecular flexibility index (Phi) is 6.26. The summed E-state index contributed by atoms with van der Waals surface area (Å²) in [6.45, 7) is 11.0. The highest BCUT2D eigenvalue weighted by Gasteiger charge is 2.30. The summed E-state index contributed by atoms with van der Waals surface area (Å²) in [5.74, 6) is 2.47. The third kappa shape index (κ3) is 4.98. The summed E-state index contributed by atoms with van der Waals surface area (Å²) in [4.78, 5) is 0. The highest BCUT2D eigenvalue weighted by molar-refractivity contribution is 4.82. The predicted molar refractivity (Wildman–Crippen MR) is 65.0 cm³/mol. The molecule has 2 unspecified atom stereocenters. The van der Waals surface area contributed by atoms with Crippen LogP contribution in [0, 0.1) is 17.8 Å². The SMILES string of the molecule is CCCOCC1CCC1CNCC(C)C. The quantitative estimate of drug-likeness (QED) is 0.626. The summed E-state index contributed by atoms with van der Waals surface area (Å²) in [6, 6.07) is 0. The number of rotatable bonds is 8. The van der Waals surface area contributed by atoms with Gasteiger partial charge in [0.25, 0.3) is 0 Å². The molecule has 0 heterocycles. The highest BCUT2D eigenvalue weighted by atomic mass is 16.5. The second kappa shape index (κ2) is 7.24. The molecule has 0 radical (unpaired) electrons. The first kappa shape index (κ1) is 13.0. The molecule has 0 spiro atoms. The van der Waals surface area contributed by atoms with E-state index in [0.717, 1.165) is 43.9 Å². The topological polar surface area (TPSA) is 21.3 Å². The van der Waals surface area contributed by atoms with Crippen molar-refractivity contribution in [2.24, 2.45) is 17.8 Å². The molecule has 0 aromatic carbocycles.